The molecule has 0 aliphatic carbocycles. The van der Waals surface area contributed by atoms with Gasteiger partial charge >= 0.3 is 13.6 Å². The lowest BCUT2D eigenvalue weighted by molar-refractivity contribution is -0.145. The minimum Gasteiger partial charge on any atom is -0.479 e. The fourth-order valence-electron chi connectivity index (χ4n) is 4.17. The number of carbonyl (C=O) groups is 2. The highest BCUT2D eigenvalue weighted by Gasteiger charge is 2.29. The quantitative estimate of drug-likeness (QED) is 0.188. The summed E-state index contributed by atoms with van der Waals surface area (Å²) in [7, 11) is -3.13. The van der Waals surface area contributed by atoms with Crippen LogP contribution in [0.4, 0.5) is 22.5 Å². The number of aliphatic carboxylic acids is 1. The van der Waals surface area contributed by atoms with E-state index >= 15 is 0 Å². The molecule has 1 aliphatic heterocycles. The molecule has 1 fully saturated rings. The van der Waals surface area contributed by atoms with Crippen molar-refractivity contribution in [1.82, 2.24) is 19.9 Å². The van der Waals surface area contributed by atoms with E-state index < -0.39 is 19.7 Å². The van der Waals surface area contributed by atoms with Crippen molar-refractivity contribution in [3.05, 3.63) is 51.7 Å². The van der Waals surface area contributed by atoms with Gasteiger partial charge in [0.1, 0.15) is 34.7 Å². The number of aromatic nitrogens is 3. The normalized spacial score (nSPS) is 14.3. The highest BCUT2D eigenvalue weighted by molar-refractivity contribution is 7.53. The number of carboxylic acid groups (broad SMARTS) is 1. The molecule has 246 valence electrons. The van der Waals surface area contributed by atoms with Crippen molar-refractivity contribution in [2.24, 2.45) is 0 Å². The minimum atomic E-state index is -3.13. The Balaban J connectivity index is 0.000000838. The molecule has 0 saturated carbocycles. The summed E-state index contributed by atoms with van der Waals surface area (Å²) in [5, 5.41) is 22.8. The van der Waals surface area contributed by atoms with E-state index in [1.54, 1.807) is 6.07 Å². The Morgan fingerprint density at radius 2 is 1.78 bits per heavy atom. The van der Waals surface area contributed by atoms with Crippen LogP contribution in [0.5, 0.6) is 0 Å². The highest BCUT2D eigenvalue weighted by atomic mass is 35.5. The number of halogens is 1. The molecule has 0 spiro atoms. The van der Waals surface area contributed by atoms with Crippen LogP contribution in [-0.4, -0.2) is 93.7 Å². The second kappa shape index (κ2) is 16.9. The van der Waals surface area contributed by atoms with Crippen LogP contribution in [0.15, 0.2) is 30.5 Å². The number of aryl methyl sites for hydroxylation is 2. The lowest BCUT2D eigenvalue weighted by Crippen LogP contribution is -2.47. The number of hydrogen-bond acceptors (Lipinski definition) is 13. The van der Waals surface area contributed by atoms with E-state index in [0.717, 1.165) is 11.4 Å². The Labute approximate surface area is 271 Å². The summed E-state index contributed by atoms with van der Waals surface area (Å²) >= 11 is 7.46. The molecule has 14 nitrogen and oxygen atoms in total. The number of piperazine rings is 1. The van der Waals surface area contributed by atoms with E-state index in [1.165, 1.54) is 24.5 Å². The molecule has 17 heteroatoms. The molecule has 1 aliphatic rings. The molecule has 1 aromatic carbocycles. The fourth-order valence-corrected chi connectivity index (χ4v) is 6.95. The Morgan fingerprint density at radius 1 is 1.13 bits per heavy atom. The molecule has 45 heavy (non-hydrogen) atoms. The van der Waals surface area contributed by atoms with Crippen molar-refractivity contribution in [2.45, 2.75) is 40.7 Å². The summed E-state index contributed by atoms with van der Waals surface area (Å²) in [6.07, 6.45) is 0.560. The first kappa shape index (κ1) is 36.3. The topological polar surface area (TPSA) is 179 Å². The second-order valence-electron chi connectivity index (χ2n) is 9.91. The number of aliphatic hydroxyl groups is 1. The lowest BCUT2D eigenvalue weighted by atomic mass is 10.2. The van der Waals surface area contributed by atoms with E-state index in [4.69, 9.17) is 30.9 Å². The minimum absolute atomic E-state index is 0.272. The Kier molecular flexibility index (Phi) is 13.7. The van der Waals surface area contributed by atoms with Gasteiger partial charge in [-0.3, -0.25) is 14.3 Å². The SMILES string of the molecule is CC(O)C(=O)O.CCOP(=O)(CN1CCN(c2cc(Nc3ncc(C(=O)Nc4c(C)cccc4Cl)s3)nc(C)n2)CC1)OCC. The number of carbonyl (C=O) groups excluding carboxylic acids is 1. The Bertz CT molecular complexity index is 1470. The monoisotopic (exact) mass is 683 g/mol. The van der Waals surface area contributed by atoms with Crippen LogP contribution in [0.25, 0.3) is 0 Å². The van der Waals surface area contributed by atoms with Crippen molar-refractivity contribution in [1.29, 1.82) is 0 Å². The maximum atomic E-state index is 12.9. The van der Waals surface area contributed by atoms with Crippen LogP contribution in [0, 0.1) is 13.8 Å². The van der Waals surface area contributed by atoms with Gasteiger partial charge < -0.3 is 34.8 Å². The van der Waals surface area contributed by atoms with E-state index in [2.05, 4.69) is 35.4 Å². The number of amides is 1. The molecule has 1 saturated heterocycles. The van der Waals surface area contributed by atoms with Crippen LogP contribution in [-0.2, 0) is 18.4 Å². The van der Waals surface area contributed by atoms with Gasteiger partial charge in [-0.15, -0.1) is 0 Å². The molecule has 0 bridgehead atoms. The third-order valence-corrected chi connectivity index (χ3v) is 9.60. The van der Waals surface area contributed by atoms with Crippen LogP contribution in [0.1, 0.15) is 41.8 Å². The van der Waals surface area contributed by atoms with Gasteiger partial charge in [-0.2, -0.15) is 0 Å². The first-order chi connectivity index (χ1) is 21.3. The number of para-hydroxylation sites is 1. The number of hydrogen-bond donors (Lipinski definition) is 4. The lowest BCUT2D eigenvalue weighted by Gasteiger charge is -2.36. The standard InChI is InChI=1S/C25H33ClN7O4PS.C3H6O3/c1-5-36-38(35,37-6-2)16-32-10-12-33(13-11-32)22-14-21(28-18(4)29-22)30-25-27-15-20(39-25)24(34)31-23-17(3)8-7-9-19(23)26;1-2(4)3(5)6/h7-9,14-15H,5-6,10-13,16H2,1-4H3,(H,31,34)(H,27,28,29,30);2,4H,1H3,(H,5,6). The predicted octanol–water partition coefficient (Wildman–Crippen LogP) is 5.00. The van der Waals surface area contributed by atoms with Crippen molar-refractivity contribution in [3.8, 4) is 0 Å². The third-order valence-electron chi connectivity index (χ3n) is 6.33. The number of thiazole rings is 1. The number of aliphatic hydroxyl groups excluding tert-OH is 1. The highest BCUT2D eigenvalue weighted by Crippen LogP contribution is 2.48. The van der Waals surface area contributed by atoms with Gasteiger partial charge in [0.2, 0.25) is 0 Å². The largest absolute Gasteiger partial charge is 0.479 e. The second-order valence-corrected chi connectivity index (χ2v) is 13.4. The van der Waals surface area contributed by atoms with Gasteiger partial charge in [-0.05, 0) is 46.2 Å². The molecule has 2 aromatic heterocycles. The third kappa shape index (κ3) is 11.0. The molecule has 1 unspecified atom stereocenters. The van der Waals surface area contributed by atoms with Gasteiger partial charge in [0, 0.05) is 32.2 Å². The van der Waals surface area contributed by atoms with Gasteiger partial charge in [-0.1, -0.05) is 35.1 Å². The zero-order valence-corrected chi connectivity index (χ0v) is 28.3. The van der Waals surface area contributed by atoms with Crippen molar-refractivity contribution in [3.63, 3.8) is 0 Å². The average molecular weight is 684 g/mol. The Morgan fingerprint density at radius 3 is 2.36 bits per heavy atom. The van der Waals surface area contributed by atoms with E-state index in [1.807, 2.05) is 45.9 Å². The number of carboxylic acids is 1. The number of rotatable bonds is 12. The first-order valence-corrected chi connectivity index (χ1v) is 17.2. The zero-order valence-electron chi connectivity index (χ0n) is 25.8. The zero-order chi connectivity index (χ0) is 33.1. The maximum Gasteiger partial charge on any atom is 0.344 e. The van der Waals surface area contributed by atoms with Crippen LogP contribution >= 0.6 is 30.5 Å². The van der Waals surface area contributed by atoms with Gasteiger partial charge in [-0.25, -0.2) is 19.7 Å². The summed E-state index contributed by atoms with van der Waals surface area (Å²) < 4.78 is 23.8. The molecular weight excluding hydrogens is 645 g/mol. The van der Waals surface area contributed by atoms with Crippen LogP contribution in [0.3, 0.4) is 0 Å². The van der Waals surface area contributed by atoms with E-state index in [0.29, 0.717) is 71.8 Å². The number of nitrogens with zero attached hydrogens (tertiary/aromatic N) is 5. The molecule has 3 aromatic rings. The fraction of sp³-hybridized carbons (Fsp3) is 0.464. The summed E-state index contributed by atoms with van der Waals surface area (Å²) in [5.74, 6) is 0.507. The molecular formula is C28H39ClN7O7PS. The summed E-state index contributed by atoms with van der Waals surface area (Å²) in [4.78, 5) is 40.4. The van der Waals surface area contributed by atoms with E-state index in [-0.39, 0.29) is 12.2 Å². The van der Waals surface area contributed by atoms with Crippen molar-refractivity contribution >= 4 is 64.9 Å². The van der Waals surface area contributed by atoms with Gasteiger partial charge in [0.25, 0.3) is 5.91 Å². The molecule has 4 N–H and O–H groups in total. The first-order valence-electron chi connectivity index (χ1n) is 14.2. The average Bonchev–Trinajstić information content (AvgIpc) is 3.44. The molecule has 0 radical (unpaired) electrons. The number of anilines is 4. The van der Waals surface area contributed by atoms with Crippen molar-refractivity contribution in [2.75, 3.05) is 61.2 Å². The van der Waals surface area contributed by atoms with Crippen molar-refractivity contribution < 1.29 is 33.4 Å². The van der Waals surface area contributed by atoms with Gasteiger partial charge in [0.15, 0.2) is 5.13 Å². The summed E-state index contributed by atoms with van der Waals surface area (Å²) in [6, 6.07) is 7.32. The van der Waals surface area contributed by atoms with Crippen LogP contribution < -0.4 is 15.5 Å². The predicted molar refractivity (Wildman–Crippen MR) is 175 cm³/mol. The van der Waals surface area contributed by atoms with Gasteiger partial charge in [0.05, 0.1) is 30.1 Å². The smallest absolute Gasteiger partial charge is 0.344 e. The molecule has 1 amide bonds. The number of nitrogens with one attached hydrogen (secondary N) is 2. The maximum absolute atomic E-state index is 12.9. The van der Waals surface area contributed by atoms with Crippen LogP contribution in [0.2, 0.25) is 5.02 Å². The molecule has 4 rings (SSSR count). The molecule has 3 heterocycles. The molecule has 1 atom stereocenters. The summed E-state index contributed by atoms with van der Waals surface area (Å²) in [6.45, 7) is 12.0. The summed E-state index contributed by atoms with van der Waals surface area (Å²) in [5.41, 5.74) is 1.46. The number of benzene rings is 1. The van der Waals surface area contributed by atoms with E-state index in [9.17, 15) is 14.2 Å². The Hall–Kier alpha value is -3.17.